The number of hydrogen-bond acceptors (Lipinski definition) is 5. The summed E-state index contributed by atoms with van der Waals surface area (Å²) < 4.78 is 12.5. The van der Waals surface area contributed by atoms with Gasteiger partial charge >= 0.3 is 0 Å². The molecule has 0 spiro atoms. The van der Waals surface area contributed by atoms with Crippen molar-refractivity contribution >= 4 is 43.9 Å². The van der Waals surface area contributed by atoms with Crippen LogP contribution < -0.4 is 0 Å². The van der Waals surface area contributed by atoms with Gasteiger partial charge in [-0.3, -0.25) is 4.98 Å². The van der Waals surface area contributed by atoms with E-state index in [1.54, 1.807) is 6.20 Å². The Morgan fingerprint density at radius 1 is 0.274 bits per heavy atom. The average molecular weight is 794 g/mol. The van der Waals surface area contributed by atoms with Gasteiger partial charge in [-0.25, -0.2) is 9.97 Å². The molecule has 290 valence electrons. The molecule has 0 saturated carbocycles. The molecule has 8 aromatic carbocycles. The number of rotatable bonds is 7. The molecular formula is C57H35N3O2. The summed E-state index contributed by atoms with van der Waals surface area (Å²) in [6.07, 6.45) is 3.68. The lowest BCUT2D eigenvalue weighted by Gasteiger charge is -2.14. The van der Waals surface area contributed by atoms with Crippen molar-refractivity contribution in [1.29, 1.82) is 0 Å². The van der Waals surface area contributed by atoms with Crippen LogP contribution in [0.4, 0.5) is 0 Å². The van der Waals surface area contributed by atoms with Gasteiger partial charge in [0.2, 0.25) is 0 Å². The zero-order valence-corrected chi connectivity index (χ0v) is 33.4. The van der Waals surface area contributed by atoms with Gasteiger partial charge in [-0.15, -0.1) is 0 Å². The zero-order chi connectivity index (χ0) is 41.0. The van der Waals surface area contributed by atoms with E-state index in [4.69, 9.17) is 18.8 Å². The standard InChI is InChI=1S/C57H35N3O2/c1-2-10-36(11-3-1)39-12-8-13-42(28-39)57-59-51(38-21-19-37(20-22-38)43-14-9-27-58-35-43)34-52(60-57)46-30-44(40-23-25-55-49(32-40)47-15-4-6-17-53(47)61-55)29-45(31-46)41-24-26-56-50(33-41)48-16-5-7-18-54(48)62-56/h1-35H. The molecule has 4 aromatic heterocycles. The van der Waals surface area contributed by atoms with Crippen LogP contribution in [0.1, 0.15) is 0 Å². The molecule has 5 heteroatoms. The van der Waals surface area contributed by atoms with Gasteiger partial charge in [-0.2, -0.15) is 0 Å². The van der Waals surface area contributed by atoms with E-state index < -0.39 is 0 Å². The van der Waals surface area contributed by atoms with Crippen molar-refractivity contribution in [2.24, 2.45) is 0 Å². The maximum absolute atomic E-state index is 6.25. The Labute approximate surface area is 357 Å². The van der Waals surface area contributed by atoms with E-state index in [9.17, 15) is 0 Å². The third-order valence-corrected chi connectivity index (χ3v) is 11.8. The first kappa shape index (κ1) is 35.5. The number of benzene rings is 8. The van der Waals surface area contributed by atoms with Crippen molar-refractivity contribution < 1.29 is 8.83 Å². The number of nitrogens with zero attached hydrogens (tertiary/aromatic N) is 3. The molecule has 0 atom stereocenters. The van der Waals surface area contributed by atoms with Gasteiger partial charge in [0.15, 0.2) is 5.82 Å². The number of aromatic nitrogens is 3. The van der Waals surface area contributed by atoms with E-state index in [1.165, 1.54) is 0 Å². The fraction of sp³-hybridized carbons (Fsp3) is 0. The third kappa shape index (κ3) is 6.40. The smallest absolute Gasteiger partial charge is 0.160 e. The third-order valence-electron chi connectivity index (χ3n) is 11.8. The average Bonchev–Trinajstić information content (AvgIpc) is 3.92. The highest BCUT2D eigenvalue weighted by Gasteiger charge is 2.17. The van der Waals surface area contributed by atoms with Crippen molar-refractivity contribution in [3.63, 3.8) is 0 Å². The maximum Gasteiger partial charge on any atom is 0.160 e. The summed E-state index contributed by atoms with van der Waals surface area (Å²) in [5.74, 6) is 0.649. The topological polar surface area (TPSA) is 65.0 Å². The van der Waals surface area contributed by atoms with Crippen LogP contribution in [-0.4, -0.2) is 15.0 Å². The highest BCUT2D eigenvalue weighted by atomic mass is 16.3. The Balaban J connectivity index is 1.07. The van der Waals surface area contributed by atoms with E-state index in [-0.39, 0.29) is 0 Å². The molecule has 0 saturated heterocycles. The van der Waals surface area contributed by atoms with Crippen molar-refractivity contribution in [3.8, 4) is 78.4 Å². The number of furan rings is 2. The molecule has 12 rings (SSSR count). The fourth-order valence-corrected chi connectivity index (χ4v) is 8.63. The van der Waals surface area contributed by atoms with Gasteiger partial charge in [-0.05, 0) is 117 Å². The summed E-state index contributed by atoms with van der Waals surface area (Å²) in [6.45, 7) is 0. The van der Waals surface area contributed by atoms with Crippen LogP contribution in [0.2, 0.25) is 0 Å². The van der Waals surface area contributed by atoms with Crippen LogP contribution in [-0.2, 0) is 0 Å². The normalized spacial score (nSPS) is 11.5. The van der Waals surface area contributed by atoms with Gasteiger partial charge in [0.1, 0.15) is 22.3 Å². The highest BCUT2D eigenvalue weighted by molar-refractivity contribution is 6.07. The number of para-hydroxylation sites is 2. The Morgan fingerprint density at radius 2 is 0.742 bits per heavy atom. The largest absolute Gasteiger partial charge is 0.456 e. The summed E-state index contributed by atoms with van der Waals surface area (Å²) in [5, 5.41) is 4.35. The first-order valence-corrected chi connectivity index (χ1v) is 20.7. The van der Waals surface area contributed by atoms with Gasteiger partial charge in [0.25, 0.3) is 0 Å². The van der Waals surface area contributed by atoms with Crippen LogP contribution in [0, 0.1) is 0 Å². The summed E-state index contributed by atoms with van der Waals surface area (Å²) in [6, 6.07) is 69.8. The molecule has 0 N–H and O–H groups in total. The quantitative estimate of drug-likeness (QED) is 0.161. The van der Waals surface area contributed by atoms with E-state index in [2.05, 4.69) is 169 Å². The Kier molecular flexibility index (Phi) is 8.42. The van der Waals surface area contributed by atoms with Gasteiger partial charge < -0.3 is 8.83 Å². The van der Waals surface area contributed by atoms with Crippen LogP contribution in [0.25, 0.3) is 122 Å². The first-order chi connectivity index (χ1) is 30.7. The monoisotopic (exact) mass is 793 g/mol. The minimum absolute atomic E-state index is 0.649. The van der Waals surface area contributed by atoms with Gasteiger partial charge in [0.05, 0.1) is 11.4 Å². The van der Waals surface area contributed by atoms with E-state index in [1.807, 2.05) is 42.6 Å². The molecule has 0 amide bonds. The minimum atomic E-state index is 0.649. The summed E-state index contributed by atoms with van der Waals surface area (Å²) in [7, 11) is 0. The lowest BCUT2D eigenvalue weighted by molar-refractivity contribution is 0.668. The number of fused-ring (bicyclic) bond motifs is 6. The van der Waals surface area contributed by atoms with E-state index >= 15 is 0 Å². The minimum Gasteiger partial charge on any atom is -0.456 e. The molecular weight excluding hydrogens is 759 g/mol. The second kappa shape index (κ2) is 14.7. The molecule has 4 heterocycles. The Morgan fingerprint density at radius 3 is 1.39 bits per heavy atom. The van der Waals surface area contributed by atoms with E-state index in [0.29, 0.717) is 5.82 Å². The van der Waals surface area contributed by atoms with Crippen LogP contribution in [0.3, 0.4) is 0 Å². The lowest BCUT2D eigenvalue weighted by atomic mass is 9.93. The maximum atomic E-state index is 6.25. The predicted octanol–water partition coefficient (Wildman–Crippen LogP) is 15.3. The second-order valence-electron chi connectivity index (χ2n) is 15.6. The van der Waals surface area contributed by atoms with Crippen molar-refractivity contribution in [3.05, 3.63) is 213 Å². The zero-order valence-electron chi connectivity index (χ0n) is 33.4. The SMILES string of the molecule is c1ccc(-c2cccc(-c3nc(-c4ccc(-c5cccnc5)cc4)cc(-c4cc(-c5ccc6oc7ccccc7c6c5)cc(-c5ccc6oc7ccccc7c6c5)c4)n3)c2)cc1. The van der Waals surface area contributed by atoms with Crippen LogP contribution in [0.15, 0.2) is 221 Å². The van der Waals surface area contributed by atoms with Crippen molar-refractivity contribution in [2.75, 3.05) is 0 Å². The molecule has 0 bridgehead atoms. The molecule has 5 nitrogen and oxygen atoms in total. The molecule has 0 aliphatic carbocycles. The number of pyridine rings is 1. The highest BCUT2D eigenvalue weighted by Crippen LogP contribution is 2.39. The summed E-state index contributed by atoms with van der Waals surface area (Å²) in [4.78, 5) is 15.0. The summed E-state index contributed by atoms with van der Waals surface area (Å²) >= 11 is 0. The predicted molar refractivity (Wildman–Crippen MR) is 252 cm³/mol. The van der Waals surface area contributed by atoms with E-state index in [0.717, 1.165) is 116 Å². The molecule has 12 aromatic rings. The number of hydrogen-bond donors (Lipinski definition) is 0. The molecule has 0 aliphatic heterocycles. The fourth-order valence-electron chi connectivity index (χ4n) is 8.63. The molecule has 0 fully saturated rings. The summed E-state index contributed by atoms with van der Waals surface area (Å²) in [5.41, 5.74) is 16.7. The molecule has 62 heavy (non-hydrogen) atoms. The van der Waals surface area contributed by atoms with Gasteiger partial charge in [-0.1, -0.05) is 127 Å². The van der Waals surface area contributed by atoms with Crippen molar-refractivity contribution in [1.82, 2.24) is 15.0 Å². The van der Waals surface area contributed by atoms with Crippen LogP contribution >= 0.6 is 0 Å². The first-order valence-electron chi connectivity index (χ1n) is 20.7. The van der Waals surface area contributed by atoms with Gasteiger partial charge in [0, 0.05) is 50.6 Å². The molecule has 0 unspecified atom stereocenters. The van der Waals surface area contributed by atoms with Crippen LogP contribution in [0.5, 0.6) is 0 Å². The Hall–Kier alpha value is -8.41. The Bertz CT molecular complexity index is 3490. The van der Waals surface area contributed by atoms with Crippen molar-refractivity contribution in [2.45, 2.75) is 0 Å². The molecule has 0 radical (unpaired) electrons. The lowest BCUT2D eigenvalue weighted by Crippen LogP contribution is -1.97. The second-order valence-corrected chi connectivity index (χ2v) is 15.6. The molecule has 0 aliphatic rings.